The molecule has 0 saturated heterocycles. The molecule has 1 aromatic carbocycles. The number of halogens is 4. The zero-order valence-corrected chi connectivity index (χ0v) is 19.0. The molecule has 36 heavy (non-hydrogen) atoms. The summed E-state index contributed by atoms with van der Waals surface area (Å²) in [7, 11) is 0. The minimum Gasteiger partial charge on any atom is -0.463 e. The van der Waals surface area contributed by atoms with Crippen molar-refractivity contribution in [1.29, 1.82) is 0 Å². The highest BCUT2D eigenvalue weighted by molar-refractivity contribution is 6.08. The number of hydrogen-bond acceptors (Lipinski definition) is 5. The van der Waals surface area contributed by atoms with Gasteiger partial charge in [0.1, 0.15) is 17.1 Å². The number of benzene rings is 1. The van der Waals surface area contributed by atoms with Crippen molar-refractivity contribution in [3.05, 3.63) is 89.0 Å². The molecule has 5 aromatic rings. The third-order valence-electron chi connectivity index (χ3n) is 5.65. The Morgan fingerprint density at radius 2 is 1.89 bits per heavy atom. The highest BCUT2D eigenvalue weighted by Crippen LogP contribution is 2.33. The number of carbonyl (C=O) groups is 1. The van der Waals surface area contributed by atoms with Crippen molar-refractivity contribution in [3.63, 3.8) is 0 Å². The van der Waals surface area contributed by atoms with E-state index in [2.05, 4.69) is 20.5 Å². The second-order valence-electron chi connectivity index (χ2n) is 8.08. The summed E-state index contributed by atoms with van der Waals surface area (Å²) in [4.78, 5) is 17.4. The summed E-state index contributed by atoms with van der Waals surface area (Å²) < 4.78 is 61.9. The summed E-state index contributed by atoms with van der Waals surface area (Å²) in [5, 5.41) is 10.9. The summed E-state index contributed by atoms with van der Waals surface area (Å²) in [5.74, 6) is -0.940. The lowest BCUT2D eigenvalue weighted by Crippen LogP contribution is -2.16. The van der Waals surface area contributed by atoms with E-state index in [-0.39, 0.29) is 28.5 Å². The van der Waals surface area contributed by atoms with Gasteiger partial charge in [0.25, 0.3) is 5.91 Å². The third kappa shape index (κ3) is 4.21. The maximum absolute atomic E-state index is 13.8. The second-order valence-corrected chi connectivity index (χ2v) is 8.08. The lowest BCUT2D eigenvalue weighted by molar-refractivity contribution is -0.142. The van der Waals surface area contributed by atoms with Crippen LogP contribution in [-0.4, -0.2) is 30.3 Å². The number of aromatic nitrogens is 5. The number of nitrogens with one attached hydrogen (secondary N) is 1. The molecule has 4 aromatic heterocycles. The van der Waals surface area contributed by atoms with Crippen molar-refractivity contribution in [3.8, 4) is 11.5 Å². The van der Waals surface area contributed by atoms with Crippen molar-refractivity contribution in [2.75, 3.05) is 5.32 Å². The van der Waals surface area contributed by atoms with Gasteiger partial charge in [0.15, 0.2) is 17.1 Å². The Morgan fingerprint density at radius 3 is 2.56 bits per heavy atom. The largest absolute Gasteiger partial charge is 0.463 e. The van der Waals surface area contributed by atoms with Crippen LogP contribution in [0.5, 0.6) is 0 Å². The first kappa shape index (κ1) is 23.3. The van der Waals surface area contributed by atoms with E-state index in [1.807, 2.05) is 0 Å². The van der Waals surface area contributed by atoms with Crippen LogP contribution in [0.1, 0.15) is 33.0 Å². The summed E-state index contributed by atoms with van der Waals surface area (Å²) in [6.07, 6.45) is -2.41. The van der Waals surface area contributed by atoms with E-state index < -0.39 is 17.8 Å². The predicted molar refractivity (Wildman–Crippen MR) is 121 cm³/mol. The Balaban J connectivity index is 1.50. The van der Waals surface area contributed by atoms with Crippen molar-refractivity contribution in [1.82, 2.24) is 24.4 Å². The standard InChI is InChI=1S/C24H18F4N6O2/c1-13-21(14(2)33(32-13)12-15-5-7-16(25)8-6-15)31-23(35)17-11-29-34-20(24(26,27)28)10-18(30-22(17)34)19-4-3-9-36-19/h3-11H,12H2,1-2H3,(H,31,35). The molecule has 0 unspecified atom stereocenters. The van der Waals surface area contributed by atoms with Gasteiger partial charge in [-0.2, -0.15) is 23.4 Å². The van der Waals surface area contributed by atoms with E-state index in [1.165, 1.54) is 30.5 Å². The molecule has 0 spiro atoms. The van der Waals surface area contributed by atoms with Gasteiger partial charge >= 0.3 is 6.18 Å². The van der Waals surface area contributed by atoms with Gasteiger partial charge in [-0.1, -0.05) is 12.1 Å². The second kappa shape index (κ2) is 8.63. The van der Waals surface area contributed by atoms with E-state index >= 15 is 0 Å². The molecule has 4 heterocycles. The topological polar surface area (TPSA) is 90.2 Å². The molecule has 5 rings (SSSR count). The van der Waals surface area contributed by atoms with E-state index in [1.54, 1.807) is 30.7 Å². The highest BCUT2D eigenvalue weighted by atomic mass is 19.4. The fourth-order valence-electron chi connectivity index (χ4n) is 3.85. The first-order valence-corrected chi connectivity index (χ1v) is 10.7. The van der Waals surface area contributed by atoms with Crippen molar-refractivity contribution in [2.45, 2.75) is 26.6 Å². The number of anilines is 1. The minimum absolute atomic E-state index is 0.0890. The van der Waals surface area contributed by atoms with E-state index in [4.69, 9.17) is 4.42 Å². The Bertz CT molecular complexity index is 1570. The molecule has 12 heteroatoms. The Kier molecular flexibility index (Phi) is 5.58. The average Bonchev–Trinajstić information content (AvgIpc) is 3.56. The normalized spacial score (nSPS) is 11.8. The number of rotatable bonds is 5. The monoisotopic (exact) mass is 498 g/mol. The summed E-state index contributed by atoms with van der Waals surface area (Å²) >= 11 is 0. The van der Waals surface area contributed by atoms with Crippen LogP contribution in [0.4, 0.5) is 23.2 Å². The van der Waals surface area contributed by atoms with Gasteiger partial charge in [0, 0.05) is 0 Å². The van der Waals surface area contributed by atoms with Gasteiger partial charge in [-0.3, -0.25) is 9.48 Å². The molecule has 0 fully saturated rings. The molecule has 0 saturated carbocycles. The maximum Gasteiger partial charge on any atom is 0.433 e. The van der Waals surface area contributed by atoms with Gasteiger partial charge in [0.2, 0.25) is 0 Å². The van der Waals surface area contributed by atoms with Crippen molar-refractivity contribution >= 4 is 17.2 Å². The van der Waals surface area contributed by atoms with Crippen LogP contribution in [0.2, 0.25) is 0 Å². The van der Waals surface area contributed by atoms with Crippen LogP contribution in [0.25, 0.3) is 17.1 Å². The van der Waals surface area contributed by atoms with Crippen LogP contribution in [0, 0.1) is 19.7 Å². The Labute approximate surface area is 201 Å². The zero-order valence-electron chi connectivity index (χ0n) is 19.0. The number of nitrogens with zero attached hydrogens (tertiary/aromatic N) is 5. The maximum atomic E-state index is 13.8. The molecule has 0 aliphatic carbocycles. The number of hydrogen-bond donors (Lipinski definition) is 1. The molecular weight excluding hydrogens is 480 g/mol. The summed E-state index contributed by atoms with van der Waals surface area (Å²) in [5.41, 5.74) is 0.700. The molecular formula is C24H18F4N6O2. The van der Waals surface area contributed by atoms with Gasteiger partial charge in [-0.05, 0) is 49.7 Å². The Hall–Kier alpha value is -4.48. The van der Waals surface area contributed by atoms with E-state index in [0.717, 1.165) is 17.8 Å². The van der Waals surface area contributed by atoms with Crippen LogP contribution >= 0.6 is 0 Å². The molecule has 1 N–H and O–H groups in total. The lowest BCUT2D eigenvalue weighted by atomic mass is 10.2. The van der Waals surface area contributed by atoms with Crippen LogP contribution in [-0.2, 0) is 12.7 Å². The lowest BCUT2D eigenvalue weighted by Gasteiger charge is -2.11. The number of aryl methyl sites for hydroxylation is 1. The van der Waals surface area contributed by atoms with Crippen LogP contribution in [0.3, 0.4) is 0 Å². The van der Waals surface area contributed by atoms with Crippen molar-refractivity contribution in [2.24, 2.45) is 0 Å². The molecule has 184 valence electrons. The fourth-order valence-corrected chi connectivity index (χ4v) is 3.85. The van der Waals surface area contributed by atoms with Gasteiger partial charge < -0.3 is 9.73 Å². The smallest absolute Gasteiger partial charge is 0.433 e. The summed E-state index contributed by atoms with van der Waals surface area (Å²) in [6.45, 7) is 3.77. The van der Waals surface area contributed by atoms with Crippen LogP contribution < -0.4 is 5.32 Å². The molecule has 0 atom stereocenters. The van der Waals surface area contributed by atoms with Gasteiger partial charge in [0.05, 0.1) is 36.1 Å². The number of alkyl halides is 3. The molecule has 0 bridgehead atoms. The first-order chi connectivity index (χ1) is 17.1. The first-order valence-electron chi connectivity index (χ1n) is 10.7. The number of fused-ring (bicyclic) bond motifs is 1. The van der Waals surface area contributed by atoms with E-state index in [9.17, 15) is 22.4 Å². The highest BCUT2D eigenvalue weighted by Gasteiger charge is 2.36. The quantitative estimate of drug-likeness (QED) is 0.334. The fraction of sp³-hybridized carbons (Fsp3) is 0.167. The molecule has 8 nitrogen and oxygen atoms in total. The molecule has 0 aliphatic rings. The third-order valence-corrected chi connectivity index (χ3v) is 5.65. The Morgan fingerprint density at radius 1 is 1.14 bits per heavy atom. The van der Waals surface area contributed by atoms with Gasteiger partial charge in [-0.15, -0.1) is 0 Å². The SMILES string of the molecule is Cc1nn(Cc2ccc(F)cc2)c(C)c1NC(=O)c1cnn2c(C(F)(F)F)cc(-c3ccco3)nc12. The molecule has 1 amide bonds. The summed E-state index contributed by atoms with van der Waals surface area (Å²) in [6, 6.07) is 9.74. The zero-order chi connectivity index (χ0) is 25.6. The molecule has 0 aliphatic heterocycles. The van der Waals surface area contributed by atoms with Crippen molar-refractivity contribution < 1.29 is 26.8 Å². The number of amides is 1. The minimum atomic E-state index is -4.75. The predicted octanol–water partition coefficient (Wildman–Crippen LogP) is 5.26. The van der Waals surface area contributed by atoms with Crippen LogP contribution in [0.15, 0.2) is 59.3 Å². The molecule has 0 radical (unpaired) electrons. The average molecular weight is 498 g/mol. The van der Waals surface area contributed by atoms with Gasteiger partial charge in [-0.25, -0.2) is 13.9 Å². The van der Waals surface area contributed by atoms with E-state index in [0.29, 0.717) is 28.1 Å². The number of carbonyl (C=O) groups excluding carboxylic acids is 1. The number of furan rings is 1.